The molecule has 29 heavy (non-hydrogen) atoms. The number of aromatic carboxylic acids is 1. The van der Waals surface area contributed by atoms with E-state index in [2.05, 4.69) is 0 Å². The summed E-state index contributed by atoms with van der Waals surface area (Å²) in [5.74, 6) is -1.61. The first kappa shape index (κ1) is 20.5. The fraction of sp³-hybridized carbons (Fsp3) is 0.300. The minimum absolute atomic E-state index is 0.00566. The van der Waals surface area contributed by atoms with E-state index >= 15 is 0 Å². The maximum Gasteiger partial charge on any atom is 0.345 e. The van der Waals surface area contributed by atoms with Crippen LogP contribution in [0.25, 0.3) is 10.2 Å². The number of ether oxygens (including phenoxy) is 1. The summed E-state index contributed by atoms with van der Waals surface area (Å²) >= 11 is 0.884. The molecule has 9 heteroatoms. The van der Waals surface area contributed by atoms with Crippen LogP contribution in [0.3, 0.4) is 0 Å². The average molecular weight is 416 g/mol. The number of rotatable bonds is 4. The fourth-order valence-corrected chi connectivity index (χ4v) is 3.74. The van der Waals surface area contributed by atoms with Crippen molar-refractivity contribution in [3.8, 4) is 0 Å². The number of thiophene rings is 1. The lowest BCUT2D eigenvalue weighted by atomic mass is 10.1. The van der Waals surface area contributed by atoms with Crippen LogP contribution in [0.1, 0.15) is 46.4 Å². The summed E-state index contributed by atoms with van der Waals surface area (Å²) in [6.07, 6.45) is 0. The maximum absolute atomic E-state index is 12.8. The van der Waals surface area contributed by atoms with Crippen molar-refractivity contribution >= 4 is 33.5 Å². The van der Waals surface area contributed by atoms with Gasteiger partial charge in [0, 0.05) is 7.05 Å². The Kier molecular flexibility index (Phi) is 5.18. The van der Waals surface area contributed by atoms with E-state index < -0.39 is 28.8 Å². The molecule has 0 saturated heterocycles. The standard InChI is InChI=1S/C20H20N2O6S/c1-20(2,3)28-18(26)12-7-5-11(6-8-12)10-22-15(23)13-9-14(17(24)25)29-16(13)21(4)19(22)27/h5-9H,10H2,1-4H3,(H,24,25). The van der Waals surface area contributed by atoms with Crippen LogP contribution in [0.15, 0.2) is 39.9 Å². The van der Waals surface area contributed by atoms with Crippen molar-refractivity contribution < 1.29 is 19.4 Å². The summed E-state index contributed by atoms with van der Waals surface area (Å²) in [5, 5.41) is 9.34. The molecular weight excluding hydrogens is 396 g/mol. The Labute approximate surface area is 169 Å². The summed E-state index contributed by atoms with van der Waals surface area (Å²) in [7, 11) is 1.49. The van der Waals surface area contributed by atoms with E-state index in [9.17, 15) is 19.2 Å². The minimum atomic E-state index is -1.15. The van der Waals surface area contributed by atoms with E-state index in [0.29, 0.717) is 16.0 Å². The monoisotopic (exact) mass is 416 g/mol. The second kappa shape index (κ2) is 7.32. The zero-order valence-corrected chi connectivity index (χ0v) is 17.2. The van der Waals surface area contributed by atoms with E-state index in [1.54, 1.807) is 45.0 Å². The molecule has 0 aliphatic heterocycles. The van der Waals surface area contributed by atoms with E-state index in [1.807, 2.05) is 0 Å². The molecule has 0 atom stereocenters. The van der Waals surface area contributed by atoms with Gasteiger partial charge in [0.1, 0.15) is 15.3 Å². The zero-order chi connectivity index (χ0) is 21.5. The van der Waals surface area contributed by atoms with Gasteiger partial charge in [-0.3, -0.25) is 13.9 Å². The van der Waals surface area contributed by atoms with Crippen molar-refractivity contribution in [1.82, 2.24) is 9.13 Å². The second-order valence-electron chi connectivity index (χ2n) is 7.57. The summed E-state index contributed by atoms with van der Waals surface area (Å²) in [6.45, 7) is 5.32. The van der Waals surface area contributed by atoms with Gasteiger partial charge in [0.2, 0.25) is 0 Å². The quantitative estimate of drug-likeness (QED) is 0.655. The number of esters is 1. The number of fused-ring (bicyclic) bond motifs is 1. The first-order chi connectivity index (χ1) is 13.5. The van der Waals surface area contributed by atoms with Crippen LogP contribution in [-0.2, 0) is 18.3 Å². The molecule has 3 rings (SSSR count). The Morgan fingerprint density at radius 3 is 2.31 bits per heavy atom. The third-order valence-electron chi connectivity index (χ3n) is 4.15. The lowest BCUT2D eigenvalue weighted by Crippen LogP contribution is -2.38. The summed E-state index contributed by atoms with van der Waals surface area (Å²) in [6, 6.07) is 7.72. The Morgan fingerprint density at radius 2 is 1.76 bits per heavy atom. The van der Waals surface area contributed by atoms with Crippen LogP contribution in [-0.4, -0.2) is 31.8 Å². The molecule has 0 saturated carbocycles. The predicted molar refractivity (Wildman–Crippen MR) is 109 cm³/mol. The molecule has 0 amide bonds. The molecule has 1 aromatic carbocycles. The van der Waals surface area contributed by atoms with Crippen molar-refractivity contribution in [2.75, 3.05) is 0 Å². The Balaban J connectivity index is 1.96. The number of carboxylic acids is 1. The van der Waals surface area contributed by atoms with Gasteiger partial charge in [-0.05, 0) is 44.5 Å². The topological polar surface area (TPSA) is 108 Å². The number of hydrogen-bond donors (Lipinski definition) is 1. The van der Waals surface area contributed by atoms with Crippen molar-refractivity contribution in [3.05, 3.63) is 67.2 Å². The van der Waals surface area contributed by atoms with E-state index in [-0.39, 0.29) is 16.8 Å². The van der Waals surface area contributed by atoms with E-state index in [0.717, 1.165) is 15.9 Å². The number of carbonyl (C=O) groups is 2. The van der Waals surface area contributed by atoms with Gasteiger partial charge in [-0.15, -0.1) is 11.3 Å². The number of benzene rings is 1. The molecule has 0 unspecified atom stereocenters. The molecule has 2 aromatic heterocycles. The van der Waals surface area contributed by atoms with Gasteiger partial charge in [0.15, 0.2) is 0 Å². The first-order valence-corrected chi connectivity index (χ1v) is 9.58. The summed E-state index contributed by atoms with van der Waals surface area (Å²) in [4.78, 5) is 49.0. The van der Waals surface area contributed by atoms with Gasteiger partial charge in [0.25, 0.3) is 5.56 Å². The third kappa shape index (κ3) is 4.14. The van der Waals surface area contributed by atoms with Gasteiger partial charge in [-0.1, -0.05) is 12.1 Å². The third-order valence-corrected chi connectivity index (χ3v) is 5.35. The van der Waals surface area contributed by atoms with Crippen LogP contribution in [0.5, 0.6) is 0 Å². The normalized spacial score (nSPS) is 11.6. The molecule has 2 heterocycles. The molecule has 0 aliphatic carbocycles. The molecule has 152 valence electrons. The average Bonchev–Trinajstić information content (AvgIpc) is 3.08. The van der Waals surface area contributed by atoms with Crippen LogP contribution in [0.2, 0.25) is 0 Å². The summed E-state index contributed by atoms with van der Waals surface area (Å²) < 4.78 is 7.62. The molecule has 8 nitrogen and oxygen atoms in total. The van der Waals surface area contributed by atoms with Gasteiger partial charge in [-0.25, -0.2) is 14.4 Å². The van der Waals surface area contributed by atoms with Crippen molar-refractivity contribution in [1.29, 1.82) is 0 Å². The number of aromatic nitrogens is 2. The lowest BCUT2D eigenvalue weighted by molar-refractivity contribution is 0.00693. The van der Waals surface area contributed by atoms with Crippen molar-refractivity contribution in [3.63, 3.8) is 0 Å². The highest BCUT2D eigenvalue weighted by Crippen LogP contribution is 2.21. The predicted octanol–water partition coefficient (Wildman–Crippen LogP) is 2.46. The van der Waals surface area contributed by atoms with Gasteiger partial charge < -0.3 is 9.84 Å². The number of nitrogens with zero attached hydrogens (tertiary/aromatic N) is 2. The van der Waals surface area contributed by atoms with Gasteiger partial charge >= 0.3 is 17.6 Å². The largest absolute Gasteiger partial charge is 0.477 e. The van der Waals surface area contributed by atoms with Crippen molar-refractivity contribution in [2.45, 2.75) is 32.9 Å². The minimum Gasteiger partial charge on any atom is -0.477 e. The Hall–Kier alpha value is -3.20. The maximum atomic E-state index is 12.8. The molecule has 0 bridgehead atoms. The molecule has 1 N–H and O–H groups in total. The Bertz CT molecular complexity index is 1230. The second-order valence-corrected chi connectivity index (χ2v) is 8.60. The number of aryl methyl sites for hydroxylation is 1. The zero-order valence-electron chi connectivity index (χ0n) is 16.4. The Morgan fingerprint density at radius 1 is 1.14 bits per heavy atom. The van der Waals surface area contributed by atoms with Crippen LogP contribution in [0.4, 0.5) is 0 Å². The first-order valence-electron chi connectivity index (χ1n) is 8.77. The molecule has 3 aromatic rings. The van der Waals surface area contributed by atoms with E-state index in [1.165, 1.54) is 17.7 Å². The van der Waals surface area contributed by atoms with Crippen molar-refractivity contribution in [2.24, 2.45) is 7.05 Å². The highest BCUT2D eigenvalue weighted by molar-refractivity contribution is 7.20. The molecule has 0 spiro atoms. The number of carboxylic acid groups (broad SMARTS) is 1. The SMILES string of the molecule is Cn1c(=O)n(Cc2ccc(C(=O)OC(C)(C)C)cc2)c(=O)c2cc(C(=O)O)sc21. The van der Waals surface area contributed by atoms with Gasteiger partial charge in [-0.2, -0.15) is 0 Å². The number of carbonyl (C=O) groups excluding carboxylic acids is 1. The van der Waals surface area contributed by atoms with Crippen LogP contribution >= 0.6 is 11.3 Å². The lowest BCUT2D eigenvalue weighted by Gasteiger charge is -2.19. The van der Waals surface area contributed by atoms with E-state index in [4.69, 9.17) is 9.84 Å². The molecule has 0 aliphatic rings. The number of hydrogen-bond acceptors (Lipinski definition) is 6. The molecular formula is C20H20N2O6S. The highest BCUT2D eigenvalue weighted by atomic mass is 32.1. The summed E-state index contributed by atoms with van der Waals surface area (Å²) in [5.41, 5.74) is -0.700. The van der Waals surface area contributed by atoms with Gasteiger partial charge in [0.05, 0.1) is 17.5 Å². The molecule has 0 fully saturated rings. The van der Waals surface area contributed by atoms with Crippen LogP contribution in [0, 0.1) is 0 Å². The fourth-order valence-electron chi connectivity index (χ4n) is 2.79. The highest BCUT2D eigenvalue weighted by Gasteiger charge is 2.19. The smallest absolute Gasteiger partial charge is 0.345 e. The molecule has 0 radical (unpaired) electrons. The van der Waals surface area contributed by atoms with Crippen LogP contribution < -0.4 is 11.2 Å².